The van der Waals surface area contributed by atoms with Crippen LogP contribution in [0.5, 0.6) is 0 Å². The van der Waals surface area contributed by atoms with Crippen molar-refractivity contribution in [2.45, 2.75) is 83.2 Å². The zero-order valence-electron chi connectivity index (χ0n) is 22.8. The van der Waals surface area contributed by atoms with Crippen LogP contribution >= 0.6 is 0 Å². The molecule has 1 fully saturated rings. The number of esters is 1. The fraction of sp³-hybridized carbons (Fsp3) is 0.467. The van der Waals surface area contributed by atoms with Gasteiger partial charge in [0.05, 0.1) is 18.7 Å². The fourth-order valence-corrected chi connectivity index (χ4v) is 10.2. The number of rotatable bonds is 6. The molecule has 1 amide bonds. The lowest BCUT2D eigenvalue weighted by Gasteiger charge is -2.44. The van der Waals surface area contributed by atoms with E-state index < -0.39 is 26.1 Å². The molecule has 4 rings (SSSR count). The number of carbonyl (C=O) groups is 2. The highest BCUT2D eigenvalue weighted by Gasteiger charge is 2.52. The third kappa shape index (κ3) is 5.68. The van der Waals surface area contributed by atoms with E-state index in [1.54, 1.807) is 11.0 Å². The lowest BCUT2D eigenvalue weighted by Crippen LogP contribution is -2.67. The highest BCUT2D eigenvalue weighted by atomic mass is 28.4. The van der Waals surface area contributed by atoms with E-state index in [0.29, 0.717) is 13.0 Å². The number of cyclic esters (lactones) is 1. The van der Waals surface area contributed by atoms with Gasteiger partial charge in [-0.3, -0.25) is 4.90 Å². The Morgan fingerprint density at radius 2 is 1.51 bits per heavy atom. The molecule has 0 aromatic heterocycles. The van der Waals surface area contributed by atoms with E-state index in [-0.39, 0.29) is 23.1 Å². The Kier molecular flexibility index (Phi) is 7.67. The molecule has 6 nitrogen and oxygen atoms in total. The number of amides is 1. The minimum Gasteiger partial charge on any atom is -0.453 e. The van der Waals surface area contributed by atoms with Gasteiger partial charge in [0, 0.05) is 6.08 Å². The minimum absolute atomic E-state index is 0.172. The summed E-state index contributed by atoms with van der Waals surface area (Å²) in [5.41, 5.74) is -0.643. The van der Waals surface area contributed by atoms with E-state index in [2.05, 4.69) is 69.3 Å². The highest BCUT2D eigenvalue weighted by molar-refractivity contribution is 6.99. The summed E-state index contributed by atoms with van der Waals surface area (Å²) in [6, 6.07) is 20.5. The van der Waals surface area contributed by atoms with Gasteiger partial charge in [0.25, 0.3) is 8.32 Å². The van der Waals surface area contributed by atoms with Crippen LogP contribution < -0.4 is 10.4 Å². The Bertz CT molecular complexity index is 1080. The Labute approximate surface area is 221 Å². The third-order valence-corrected chi connectivity index (χ3v) is 12.1. The van der Waals surface area contributed by atoms with Crippen LogP contribution in [0.2, 0.25) is 5.04 Å². The summed E-state index contributed by atoms with van der Waals surface area (Å²) in [5.74, 6) is -0.374. The first-order valence-electron chi connectivity index (χ1n) is 13.1. The molecule has 3 atom stereocenters. The number of benzene rings is 2. The number of carbonyl (C=O) groups excluding carboxylic acids is 2. The van der Waals surface area contributed by atoms with Crippen molar-refractivity contribution in [3.8, 4) is 0 Å². The second-order valence-corrected chi connectivity index (χ2v) is 16.2. The van der Waals surface area contributed by atoms with Gasteiger partial charge in [0.1, 0.15) is 11.7 Å². The van der Waals surface area contributed by atoms with Crippen LogP contribution in [0.25, 0.3) is 0 Å². The van der Waals surface area contributed by atoms with E-state index in [4.69, 9.17) is 13.9 Å². The smallest absolute Gasteiger partial charge is 0.411 e. The first kappa shape index (κ1) is 27.1. The molecule has 198 valence electrons. The van der Waals surface area contributed by atoms with Crippen molar-refractivity contribution in [1.82, 2.24) is 4.90 Å². The monoisotopic (exact) mass is 521 g/mol. The second kappa shape index (κ2) is 10.5. The predicted molar refractivity (Wildman–Crippen MR) is 147 cm³/mol. The van der Waals surface area contributed by atoms with Gasteiger partial charge in [-0.15, -0.1) is 0 Å². The summed E-state index contributed by atoms with van der Waals surface area (Å²) in [7, 11) is -2.77. The number of nitrogens with zero attached hydrogens (tertiary/aromatic N) is 1. The predicted octanol–water partition coefficient (Wildman–Crippen LogP) is 4.81. The Balaban J connectivity index is 1.69. The molecule has 0 bridgehead atoms. The number of ether oxygens (including phenoxy) is 2. The summed E-state index contributed by atoms with van der Waals surface area (Å²) in [5, 5.41) is 2.22. The Morgan fingerprint density at radius 1 is 0.946 bits per heavy atom. The number of hydrogen-bond acceptors (Lipinski definition) is 5. The molecule has 0 saturated carbocycles. The van der Waals surface area contributed by atoms with Crippen molar-refractivity contribution >= 4 is 30.8 Å². The molecule has 0 spiro atoms. The van der Waals surface area contributed by atoms with Gasteiger partial charge in [-0.25, -0.2) is 9.59 Å². The van der Waals surface area contributed by atoms with Gasteiger partial charge < -0.3 is 13.9 Å². The standard InChI is InChI=1S/C30H39NO5Si/c1-29(2,3)36-28(33)31-22(17-18-25(31)26-19-20-27(32)35-26)21-34-37(30(4,5)6,23-13-9-7-10-14-23)24-15-11-8-12-16-24/h7-16,19-20,22,25-26H,17-18,21H2,1-6H3/t22-,25-,26-/m0/s1. The molecule has 0 aliphatic carbocycles. The minimum atomic E-state index is -2.77. The van der Waals surface area contributed by atoms with Gasteiger partial charge in [0.2, 0.25) is 0 Å². The third-order valence-electron chi connectivity index (χ3n) is 7.11. The zero-order chi connectivity index (χ0) is 26.8. The van der Waals surface area contributed by atoms with Gasteiger partial charge in [0.15, 0.2) is 0 Å². The molecule has 2 aromatic carbocycles. The lowest BCUT2D eigenvalue weighted by molar-refractivity contribution is -0.140. The summed E-state index contributed by atoms with van der Waals surface area (Å²) in [4.78, 5) is 27.1. The molecule has 0 radical (unpaired) electrons. The van der Waals surface area contributed by atoms with Crippen LogP contribution in [0.3, 0.4) is 0 Å². The summed E-state index contributed by atoms with van der Waals surface area (Å²) in [6.45, 7) is 12.7. The molecular weight excluding hydrogens is 482 g/mol. The maximum absolute atomic E-state index is 13.5. The molecule has 2 aliphatic rings. The van der Waals surface area contributed by atoms with Gasteiger partial charge in [-0.2, -0.15) is 0 Å². The summed E-state index contributed by atoms with van der Waals surface area (Å²) >= 11 is 0. The molecule has 0 N–H and O–H groups in total. The molecule has 0 unspecified atom stereocenters. The second-order valence-electron chi connectivity index (χ2n) is 11.9. The van der Waals surface area contributed by atoms with Crippen molar-refractivity contribution in [2.75, 3.05) is 6.61 Å². The molecule has 7 heteroatoms. The van der Waals surface area contributed by atoms with E-state index >= 15 is 0 Å². The summed E-state index contributed by atoms with van der Waals surface area (Å²) in [6.07, 6.45) is 3.75. The van der Waals surface area contributed by atoms with E-state index in [9.17, 15) is 9.59 Å². The molecule has 1 saturated heterocycles. The van der Waals surface area contributed by atoms with Crippen LogP contribution in [0, 0.1) is 0 Å². The lowest BCUT2D eigenvalue weighted by atomic mass is 10.1. The molecule has 2 heterocycles. The maximum atomic E-state index is 13.5. The SMILES string of the molecule is CC(C)(C)OC(=O)N1[C@H](CO[Si](c2ccccc2)(c2ccccc2)C(C)(C)C)CC[C@H]1[C@@H]1C=CC(=O)O1. The largest absolute Gasteiger partial charge is 0.453 e. The number of likely N-dealkylation sites (tertiary alicyclic amines) is 1. The summed E-state index contributed by atoms with van der Waals surface area (Å²) < 4.78 is 18.5. The van der Waals surface area contributed by atoms with Crippen molar-refractivity contribution in [1.29, 1.82) is 0 Å². The van der Waals surface area contributed by atoms with E-state index in [0.717, 1.165) is 6.42 Å². The molecular formula is C30H39NO5Si. The maximum Gasteiger partial charge on any atom is 0.411 e. The first-order chi connectivity index (χ1) is 17.4. The normalized spacial score (nSPS) is 22.3. The van der Waals surface area contributed by atoms with E-state index in [1.807, 2.05) is 32.9 Å². The quantitative estimate of drug-likeness (QED) is 0.403. The highest BCUT2D eigenvalue weighted by Crippen LogP contribution is 2.38. The van der Waals surface area contributed by atoms with Crippen LogP contribution in [-0.2, 0) is 18.7 Å². The zero-order valence-corrected chi connectivity index (χ0v) is 23.8. The Hall–Kier alpha value is -2.90. The molecule has 37 heavy (non-hydrogen) atoms. The first-order valence-corrected chi connectivity index (χ1v) is 15.0. The average Bonchev–Trinajstić information content (AvgIpc) is 3.45. The fourth-order valence-electron chi connectivity index (χ4n) is 5.57. The van der Waals surface area contributed by atoms with Crippen molar-refractivity contribution in [2.24, 2.45) is 0 Å². The van der Waals surface area contributed by atoms with Crippen LogP contribution in [0.4, 0.5) is 4.79 Å². The van der Waals surface area contributed by atoms with E-state index in [1.165, 1.54) is 16.4 Å². The molecule has 2 aliphatic heterocycles. The van der Waals surface area contributed by atoms with Crippen molar-refractivity contribution in [3.63, 3.8) is 0 Å². The van der Waals surface area contributed by atoms with Crippen LogP contribution in [0.15, 0.2) is 72.8 Å². The van der Waals surface area contributed by atoms with Crippen LogP contribution in [0.1, 0.15) is 54.4 Å². The Morgan fingerprint density at radius 3 is 1.97 bits per heavy atom. The topological polar surface area (TPSA) is 65.1 Å². The van der Waals surface area contributed by atoms with Gasteiger partial charge in [-0.05, 0) is 55.1 Å². The van der Waals surface area contributed by atoms with Crippen LogP contribution in [-0.4, -0.2) is 55.7 Å². The molecule has 2 aromatic rings. The van der Waals surface area contributed by atoms with Gasteiger partial charge in [-0.1, -0.05) is 81.4 Å². The van der Waals surface area contributed by atoms with Crippen molar-refractivity contribution < 1.29 is 23.5 Å². The number of hydrogen-bond donors (Lipinski definition) is 0. The van der Waals surface area contributed by atoms with Crippen molar-refractivity contribution in [3.05, 3.63) is 72.8 Å². The van der Waals surface area contributed by atoms with Gasteiger partial charge >= 0.3 is 12.1 Å². The average molecular weight is 522 g/mol.